The molecule has 8 nitrogen and oxygen atoms in total. The average Bonchev–Trinajstić information content (AvgIpc) is 2.65. The molecule has 1 atom stereocenters. The number of primary amides is 1. The largest absolute Gasteiger partial charge is 0.481 e. The molecule has 2 aromatic rings. The first-order valence-electron chi connectivity index (χ1n) is 8.17. The number of benzene rings is 2. The third-order valence-electron chi connectivity index (χ3n) is 4.19. The summed E-state index contributed by atoms with van der Waals surface area (Å²) in [7, 11) is -3.96. The van der Waals surface area contributed by atoms with Gasteiger partial charge in [-0.25, -0.2) is 8.42 Å². The Hall–Kier alpha value is -3.07. The predicted molar refractivity (Wildman–Crippen MR) is 97.0 cm³/mol. The number of rotatable bonds is 6. The monoisotopic (exact) mass is 390 g/mol. The number of nitrogens with zero attached hydrogens (tertiary/aromatic N) is 1. The lowest BCUT2D eigenvalue weighted by molar-refractivity contribution is -0.137. The minimum Gasteiger partial charge on any atom is -0.481 e. The van der Waals surface area contributed by atoms with Gasteiger partial charge in [-0.2, -0.15) is 0 Å². The number of anilines is 1. The Kier molecular flexibility index (Phi) is 5.04. The zero-order valence-corrected chi connectivity index (χ0v) is 15.1. The van der Waals surface area contributed by atoms with Crippen molar-refractivity contribution < 1.29 is 27.9 Å². The van der Waals surface area contributed by atoms with Gasteiger partial charge in [0.15, 0.2) is 6.10 Å². The third-order valence-corrected chi connectivity index (χ3v) is 5.98. The molecule has 0 saturated carbocycles. The molecular weight excluding hydrogens is 372 g/mol. The maximum atomic E-state index is 13.1. The Bertz CT molecular complexity index is 972. The lowest BCUT2D eigenvalue weighted by atomic mass is 10.1. The molecule has 3 rings (SSSR count). The van der Waals surface area contributed by atoms with Crippen LogP contribution in [0.3, 0.4) is 0 Å². The number of carbonyl (C=O) groups is 2. The SMILES string of the molecule is NC(=O)C1CN(S(=O)(=O)c2ccc(CCC(=O)O)cc2)c2ccccc2O1. The Balaban J connectivity index is 1.94. The molecule has 1 unspecified atom stereocenters. The van der Waals surface area contributed by atoms with Crippen molar-refractivity contribution in [1.29, 1.82) is 0 Å². The van der Waals surface area contributed by atoms with Crippen LogP contribution in [0.1, 0.15) is 12.0 Å². The van der Waals surface area contributed by atoms with E-state index in [0.29, 0.717) is 17.7 Å². The minimum absolute atomic E-state index is 0.0292. The van der Waals surface area contributed by atoms with Crippen LogP contribution in [0.25, 0.3) is 0 Å². The molecule has 0 aliphatic carbocycles. The number of carboxylic acids is 1. The molecule has 0 spiro atoms. The summed E-state index contributed by atoms with van der Waals surface area (Å²) in [6, 6.07) is 12.5. The molecule has 0 fully saturated rings. The van der Waals surface area contributed by atoms with E-state index >= 15 is 0 Å². The average molecular weight is 390 g/mol. The molecule has 0 bridgehead atoms. The second kappa shape index (κ2) is 7.28. The van der Waals surface area contributed by atoms with Crippen LogP contribution in [0.4, 0.5) is 5.69 Å². The molecule has 9 heteroatoms. The third kappa shape index (κ3) is 3.87. The van der Waals surface area contributed by atoms with Gasteiger partial charge in [0.05, 0.1) is 17.1 Å². The fourth-order valence-electron chi connectivity index (χ4n) is 2.78. The van der Waals surface area contributed by atoms with Crippen LogP contribution >= 0.6 is 0 Å². The molecule has 0 aromatic heterocycles. The van der Waals surface area contributed by atoms with Gasteiger partial charge in [-0.3, -0.25) is 13.9 Å². The Morgan fingerprint density at radius 1 is 1.15 bits per heavy atom. The van der Waals surface area contributed by atoms with Gasteiger partial charge in [0.1, 0.15) is 5.75 Å². The number of aliphatic carboxylic acids is 1. The fourth-order valence-corrected chi connectivity index (χ4v) is 4.26. The van der Waals surface area contributed by atoms with E-state index in [4.69, 9.17) is 15.6 Å². The topological polar surface area (TPSA) is 127 Å². The van der Waals surface area contributed by atoms with Crippen molar-refractivity contribution in [3.63, 3.8) is 0 Å². The molecule has 0 saturated heterocycles. The molecule has 3 N–H and O–H groups in total. The number of nitrogens with two attached hydrogens (primary N) is 1. The lowest BCUT2D eigenvalue weighted by Gasteiger charge is -2.34. The Morgan fingerprint density at radius 3 is 2.44 bits per heavy atom. The number of sulfonamides is 1. The van der Waals surface area contributed by atoms with Crippen LogP contribution in [0.15, 0.2) is 53.4 Å². The van der Waals surface area contributed by atoms with E-state index < -0.39 is 28.0 Å². The van der Waals surface area contributed by atoms with Crippen molar-refractivity contribution in [2.24, 2.45) is 5.73 Å². The summed E-state index contributed by atoms with van der Waals surface area (Å²) in [5.74, 6) is -1.42. The van der Waals surface area contributed by atoms with Gasteiger partial charge in [0.2, 0.25) is 0 Å². The van der Waals surface area contributed by atoms with Gasteiger partial charge >= 0.3 is 5.97 Å². The molecule has 2 aromatic carbocycles. The van der Waals surface area contributed by atoms with Crippen molar-refractivity contribution in [1.82, 2.24) is 0 Å². The summed E-state index contributed by atoms with van der Waals surface area (Å²) in [5.41, 5.74) is 6.35. The van der Waals surface area contributed by atoms with Gasteiger partial charge in [0, 0.05) is 6.42 Å². The zero-order valence-electron chi connectivity index (χ0n) is 14.2. The van der Waals surface area contributed by atoms with Gasteiger partial charge in [0.25, 0.3) is 15.9 Å². The number of ether oxygens (including phenoxy) is 1. The van der Waals surface area contributed by atoms with Crippen LogP contribution in [0.5, 0.6) is 5.75 Å². The zero-order chi connectivity index (χ0) is 19.6. The molecule has 1 heterocycles. The summed E-state index contributed by atoms with van der Waals surface area (Å²) < 4.78 is 32.8. The van der Waals surface area contributed by atoms with E-state index in [0.717, 1.165) is 4.31 Å². The molecule has 1 aliphatic rings. The van der Waals surface area contributed by atoms with Gasteiger partial charge in [-0.1, -0.05) is 24.3 Å². The second-order valence-corrected chi connectivity index (χ2v) is 7.91. The number of carboxylic acid groups (broad SMARTS) is 1. The van der Waals surface area contributed by atoms with Crippen LogP contribution in [0.2, 0.25) is 0 Å². The van der Waals surface area contributed by atoms with E-state index in [1.54, 1.807) is 36.4 Å². The first-order valence-corrected chi connectivity index (χ1v) is 9.61. The molecule has 27 heavy (non-hydrogen) atoms. The maximum absolute atomic E-state index is 13.1. The lowest BCUT2D eigenvalue weighted by Crippen LogP contribution is -2.49. The van der Waals surface area contributed by atoms with E-state index in [9.17, 15) is 18.0 Å². The van der Waals surface area contributed by atoms with E-state index in [-0.39, 0.29) is 23.6 Å². The van der Waals surface area contributed by atoms with Crippen LogP contribution in [-0.4, -0.2) is 38.0 Å². The van der Waals surface area contributed by atoms with E-state index in [2.05, 4.69) is 0 Å². The van der Waals surface area contributed by atoms with Crippen molar-refractivity contribution >= 4 is 27.6 Å². The van der Waals surface area contributed by atoms with Crippen LogP contribution in [0, 0.1) is 0 Å². The number of fused-ring (bicyclic) bond motifs is 1. The van der Waals surface area contributed by atoms with E-state index in [1.807, 2.05) is 0 Å². The van der Waals surface area contributed by atoms with Crippen molar-refractivity contribution in [3.05, 3.63) is 54.1 Å². The number of carbonyl (C=O) groups excluding carboxylic acids is 1. The van der Waals surface area contributed by atoms with Crippen LogP contribution < -0.4 is 14.8 Å². The standard InChI is InChI=1S/C18H18N2O6S/c19-18(23)16-11-20(14-3-1-2-4-15(14)26-16)27(24,25)13-8-5-12(6-9-13)7-10-17(21)22/h1-6,8-9,16H,7,10-11H2,(H2,19,23)(H,21,22). The highest BCUT2D eigenvalue weighted by molar-refractivity contribution is 7.92. The highest BCUT2D eigenvalue weighted by atomic mass is 32.2. The molecule has 142 valence electrons. The van der Waals surface area contributed by atoms with Gasteiger partial charge < -0.3 is 15.6 Å². The summed E-state index contributed by atoms with van der Waals surface area (Å²) >= 11 is 0. The predicted octanol–water partition coefficient (Wildman–Crippen LogP) is 1.15. The van der Waals surface area contributed by atoms with Crippen LogP contribution in [-0.2, 0) is 26.0 Å². The summed E-state index contributed by atoms with van der Waals surface area (Å²) in [6.45, 7) is -0.227. The molecule has 1 aliphatic heterocycles. The number of hydrogen-bond donors (Lipinski definition) is 2. The van der Waals surface area contributed by atoms with Crippen molar-refractivity contribution in [3.8, 4) is 5.75 Å². The minimum atomic E-state index is -3.96. The highest BCUT2D eigenvalue weighted by Gasteiger charge is 2.36. The van der Waals surface area contributed by atoms with Crippen molar-refractivity contribution in [2.75, 3.05) is 10.8 Å². The first-order chi connectivity index (χ1) is 12.8. The van der Waals surface area contributed by atoms with Gasteiger partial charge in [-0.05, 0) is 36.2 Å². The fraction of sp³-hybridized carbons (Fsp3) is 0.222. The highest BCUT2D eigenvalue weighted by Crippen LogP contribution is 2.36. The van der Waals surface area contributed by atoms with Crippen molar-refractivity contribution in [2.45, 2.75) is 23.8 Å². The number of hydrogen-bond acceptors (Lipinski definition) is 5. The molecule has 1 amide bonds. The Labute approximate surface area is 156 Å². The normalized spacial score (nSPS) is 16.3. The number of para-hydroxylation sites is 2. The maximum Gasteiger partial charge on any atom is 0.303 e. The Morgan fingerprint density at radius 2 is 1.81 bits per heavy atom. The smallest absolute Gasteiger partial charge is 0.303 e. The van der Waals surface area contributed by atoms with Gasteiger partial charge in [-0.15, -0.1) is 0 Å². The quantitative estimate of drug-likeness (QED) is 0.762. The summed E-state index contributed by atoms with van der Waals surface area (Å²) in [4.78, 5) is 22.3. The molecular formula is C18H18N2O6S. The first kappa shape index (κ1) is 18.7. The second-order valence-electron chi connectivity index (χ2n) is 6.05. The summed E-state index contributed by atoms with van der Waals surface area (Å²) in [6.07, 6.45) is -0.826. The number of amides is 1. The molecule has 0 radical (unpaired) electrons. The van der Waals surface area contributed by atoms with E-state index in [1.165, 1.54) is 12.1 Å². The number of aryl methyl sites for hydroxylation is 1. The summed E-state index contributed by atoms with van der Waals surface area (Å²) in [5, 5.41) is 8.74.